The molecule has 0 fully saturated rings. The lowest BCUT2D eigenvalue weighted by atomic mass is 10.1. The number of aromatic amines is 1. The summed E-state index contributed by atoms with van der Waals surface area (Å²) in [7, 11) is 1.41. The lowest BCUT2D eigenvalue weighted by Gasteiger charge is -2.08. The van der Waals surface area contributed by atoms with E-state index in [2.05, 4.69) is 26.1 Å². The summed E-state index contributed by atoms with van der Waals surface area (Å²) in [4.78, 5) is 36.9. The number of hydrogen-bond donors (Lipinski definition) is 3. The Morgan fingerprint density at radius 3 is 2.27 bits per heavy atom. The molecular weight excluding hydrogens is 388 g/mol. The van der Waals surface area contributed by atoms with Crippen molar-refractivity contribution in [3.8, 4) is 11.4 Å². The number of methoxy groups -OCH3 is 1. The van der Waals surface area contributed by atoms with Gasteiger partial charge in [-0.1, -0.05) is 36.4 Å². The third-order valence-electron chi connectivity index (χ3n) is 4.34. The van der Waals surface area contributed by atoms with E-state index in [9.17, 15) is 14.4 Å². The van der Waals surface area contributed by atoms with E-state index in [1.165, 1.54) is 11.8 Å². The van der Waals surface area contributed by atoms with Gasteiger partial charge in [-0.05, 0) is 18.2 Å². The summed E-state index contributed by atoms with van der Waals surface area (Å²) < 4.78 is 6.71. The Balaban J connectivity index is 1.54. The molecule has 0 spiro atoms. The number of H-pyrrole nitrogens is 1. The summed E-state index contributed by atoms with van der Waals surface area (Å²) in [5.74, 6) is -1.14. The number of ether oxygens (including phenoxy) is 1. The molecule has 0 radical (unpaired) electrons. The van der Waals surface area contributed by atoms with Crippen LogP contribution >= 0.6 is 0 Å². The number of aromatic nitrogens is 4. The highest BCUT2D eigenvalue weighted by atomic mass is 16.5. The van der Waals surface area contributed by atoms with Gasteiger partial charge in [0.25, 0.3) is 17.4 Å². The van der Waals surface area contributed by atoms with Crippen LogP contribution in [0.5, 0.6) is 5.75 Å². The Kier molecular flexibility index (Phi) is 4.95. The molecule has 30 heavy (non-hydrogen) atoms. The Hall–Kier alpha value is -4.47. The zero-order valence-corrected chi connectivity index (χ0v) is 15.7. The molecule has 10 nitrogen and oxygen atoms in total. The predicted molar refractivity (Wildman–Crippen MR) is 107 cm³/mol. The van der Waals surface area contributed by atoms with Crippen LogP contribution in [0.4, 0.5) is 0 Å². The number of fused-ring (bicyclic) bond motifs is 1. The largest absolute Gasteiger partial charge is 0.493 e. The lowest BCUT2D eigenvalue weighted by molar-refractivity contribution is 0.0839. The highest BCUT2D eigenvalue weighted by Crippen LogP contribution is 2.19. The van der Waals surface area contributed by atoms with Crippen LogP contribution in [0.1, 0.15) is 21.0 Å². The Bertz CT molecular complexity index is 1300. The van der Waals surface area contributed by atoms with Gasteiger partial charge >= 0.3 is 0 Å². The van der Waals surface area contributed by atoms with Gasteiger partial charge in [0.2, 0.25) is 0 Å². The molecule has 4 rings (SSSR count). The number of rotatable bonds is 4. The zero-order valence-electron chi connectivity index (χ0n) is 15.7. The summed E-state index contributed by atoms with van der Waals surface area (Å²) in [5, 5.41) is 11.0. The number of carbonyl (C=O) groups is 2. The molecule has 2 amide bonds. The van der Waals surface area contributed by atoms with Crippen LogP contribution in [0.2, 0.25) is 0 Å². The molecule has 0 aliphatic carbocycles. The third kappa shape index (κ3) is 3.49. The van der Waals surface area contributed by atoms with Crippen molar-refractivity contribution in [1.82, 2.24) is 30.8 Å². The van der Waals surface area contributed by atoms with Gasteiger partial charge in [0.15, 0.2) is 17.1 Å². The summed E-state index contributed by atoms with van der Waals surface area (Å²) in [5.41, 5.74) is 4.85. The van der Waals surface area contributed by atoms with Gasteiger partial charge in [0, 0.05) is 5.39 Å². The van der Waals surface area contributed by atoms with E-state index in [4.69, 9.17) is 4.74 Å². The molecule has 0 aliphatic rings. The summed E-state index contributed by atoms with van der Waals surface area (Å²) in [6.45, 7) is 0. The summed E-state index contributed by atoms with van der Waals surface area (Å²) in [6, 6.07) is 15.7. The van der Waals surface area contributed by atoms with Crippen LogP contribution in [0.3, 0.4) is 0 Å². The smallest absolute Gasteiger partial charge is 0.294 e. The quantitative estimate of drug-likeness (QED) is 0.438. The first-order chi connectivity index (χ1) is 14.6. The Morgan fingerprint density at radius 2 is 1.57 bits per heavy atom. The van der Waals surface area contributed by atoms with Crippen molar-refractivity contribution in [2.24, 2.45) is 0 Å². The van der Waals surface area contributed by atoms with Crippen molar-refractivity contribution in [2.75, 3.05) is 7.11 Å². The number of carbonyl (C=O) groups excluding carboxylic acids is 2. The molecule has 0 bridgehead atoms. The minimum Gasteiger partial charge on any atom is -0.493 e. The predicted octanol–water partition coefficient (Wildman–Crippen LogP) is 1.19. The summed E-state index contributed by atoms with van der Waals surface area (Å²) in [6.07, 6.45) is 1.56. The van der Waals surface area contributed by atoms with Crippen molar-refractivity contribution >= 4 is 22.6 Å². The van der Waals surface area contributed by atoms with Crippen LogP contribution < -0.4 is 21.1 Å². The number of para-hydroxylation sites is 1. The standard InChI is InChI=1S/C20H16N6O4/c1-30-15-11-26(12-7-3-2-4-8-12)25-17(15)20(29)24-23-19(28)16-13-9-5-6-10-14(13)18(27)22-21-16/h2-11H,1H3,(H,22,27)(H,23,28)(H,24,29). The van der Waals surface area contributed by atoms with E-state index in [-0.39, 0.29) is 17.1 Å². The van der Waals surface area contributed by atoms with E-state index >= 15 is 0 Å². The molecule has 0 atom stereocenters. The van der Waals surface area contributed by atoms with Gasteiger partial charge in [0.05, 0.1) is 24.4 Å². The van der Waals surface area contributed by atoms with E-state index in [0.29, 0.717) is 10.8 Å². The monoisotopic (exact) mass is 404 g/mol. The molecule has 4 aromatic rings. The van der Waals surface area contributed by atoms with Crippen LogP contribution in [0.15, 0.2) is 65.6 Å². The third-order valence-corrected chi connectivity index (χ3v) is 4.34. The van der Waals surface area contributed by atoms with E-state index < -0.39 is 17.4 Å². The minimum absolute atomic E-state index is 0.0130. The van der Waals surface area contributed by atoms with Crippen molar-refractivity contribution < 1.29 is 14.3 Å². The van der Waals surface area contributed by atoms with Crippen LogP contribution in [-0.2, 0) is 0 Å². The fraction of sp³-hybridized carbons (Fsp3) is 0.0500. The number of hydrazine groups is 1. The van der Waals surface area contributed by atoms with Crippen molar-refractivity contribution in [3.63, 3.8) is 0 Å². The van der Waals surface area contributed by atoms with Crippen LogP contribution in [-0.4, -0.2) is 38.9 Å². The van der Waals surface area contributed by atoms with Gasteiger partial charge in [-0.15, -0.1) is 0 Å². The highest BCUT2D eigenvalue weighted by molar-refractivity contribution is 6.06. The van der Waals surface area contributed by atoms with Crippen LogP contribution in [0.25, 0.3) is 16.5 Å². The molecule has 2 heterocycles. The second-order valence-corrected chi connectivity index (χ2v) is 6.18. The molecule has 0 saturated carbocycles. The fourth-order valence-electron chi connectivity index (χ4n) is 2.90. The van der Waals surface area contributed by atoms with Crippen molar-refractivity contribution in [3.05, 3.63) is 82.5 Å². The maximum atomic E-state index is 12.6. The maximum Gasteiger partial charge on any atom is 0.294 e. The van der Waals surface area contributed by atoms with Gasteiger partial charge in [-0.3, -0.25) is 25.2 Å². The normalized spacial score (nSPS) is 10.6. The van der Waals surface area contributed by atoms with Crippen molar-refractivity contribution in [2.45, 2.75) is 0 Å². The van der Waals surface area contributed by atoms with Gasteiger partial charge in [0.1, 0.15) is 0 Å². The number of hydrogen-bond acceptors (Lipinski definition) is 6. The second-order valence-electron chi connectivity index (χ2n) is 6.18. The second kappa shape index (κ2) is 7.87. The molecule has 10 heteroatoms. The zero-order chi connectivity index (χ0) is 21.1. The van der Waals surface area contributed by atoms with E-state index in [1.54, 1.807) is 30.5 Å². The lowest BCUT2D eigenvalue weighted by Crippen LogP contribution is -2.42. The Labute approximate surface area is 169 Å². The fourth-order valence-corrected chi connectivity index (χ4v) is 2.90. The average Bonchev–Trinajstić information content (AvgIpc) is 3.23. The van der Waals surface area contributed by atoms with Crippen LogP contribution in [0, 0.1) is 0 Å². The number of nitrogens with zero attached hydrogens (tertiary/aromatic N) is 3. The van der Waals surface area contributed by atoms with Crippen molar-refractivity contribution in [1.29, 1.82) is 0 Å². The SMILES string of the molecule is COc1cn(-c2ccccc2)nc1C(=O)NNC(=O)c1n[nH]c(=O)c2ccccc12. The first-order valence-corrected chi connectivity index (χ1v) is 8.85. The van der Waals surface area contributed by atoms with Gasteiger partial charge in [-0.25, -0.2) is 9.78 Å². The molecule has 3 N–H and O–H groups in total. The maximum absolute atomic E-state index is 12.6. The highest BCUT2D eigenvalue weighted by Gasteiger charge is 2.20. The molecular formula is C20H16N6O4. The first kappa shape index (κ1) is 18.9. The number of nitrogens with one attached hydrogen (secondary N) is 3. The van der Waals surface area contributed by atoms with Gasteiger partial charge < -0.3 is 4.74 Å². The topological polar surface area (TPSA) is 131 Å². The first-order valence-electron chi connectivity index (χ1n) is 8.85. The molecule has 0 saturated heterocycles. The van der Waals surface area contributed by atoms with Gasteiger partial charge in [-0.2, -0.15) is 10.2 Å². The molecule has 2 aromatic heterocycles. The molecule has 2 aromatic carbocycles. The Morgan fingerprint density at radius 1 is 0.933 bits per heavy atom. The molecule has 0 aliphatic heterocycles. The van der Waals surface area contributed by atoms with E-state index in [1.807, 2.05) is 30.3 Å². The average molecular weight is 404 g/mol. The molecule has 0 unspecified atom stereocenters. The number of amides is 2. The minimum atomic E-state index is -0.697. The van der Waals surface area contributed by atoms with E-state index in [0.717, 1.165) is 5.69 Å². The number of benzene rings is 2. The summed E-state index contributed by atoms with van der Waals surface area (Å²) >= 11 is 0. The molecule has 150 valence electrons.